The maximum Gasteiger partial charge on any atom is 0.196 e. The number of hydrogen-bond acceptors (Lipinski definition) is 5. The normalized spacial score (nSPS) is 21.9. The van der Waals surface area contributed by atoms with Crippen molar-refractivity contribution in [1.29, 1.82) is 0 Å². The molecule has 0 saturated carbocycles. The topological polar surface area (TPSA) is 71.3 Å². The zero-order valence-electron chi connectivity index (χ0n) is 19.5. The van der Waals surface area contributed by atoms with Crippen LogP contribution in [0.3, 0.4) is 0 Å². The molecule has 0 saturated heterocycles. The molecule has 0 spiro atoms. The number of nitrogens with one attached hydrogen (secondary N) is 3. The molecule has 35 heavy (non-hydrogen) atoms. The van der Waals surface area contributed by atoms with Crippen molar-refractivity contribution in [1.82, 2.24) is 5.32 Å². The highest BCUT2D eigenvalue weighted by Crippen LogP contribution is 2.40. The molecule has 3 aromatic carbocycles. The Morgan fingerprint density at radius 1 is 0.914 bits per heavy atom. The molecule has 3 heterocycles. The summed E-state index contributed by atoms with van der Waals surface area (Å²) in [6.45, 7) is 2.00. The van der Waals surface area contributed by atoms with Gasteiger partial charge in [0, 0.05) is 11.8 Å². The lowest BCUT2D eigenvalue weighted by Crippen LogP contribution is -2.41. The SMILES string of the molecule is C/C=C\c1ccc2c(c1N)N[C@@H](C1C=CC(c3ccc4c(c3)NC(c3ccccc3)O4)=CN1)C=C2. The Morgan fingerprint density at radius 2 is 1.77 bits per heavy atom. The Kier molecular flexibility index (Phi) is 5.30. The van der Waals surface area contributed by atoms with Gasteiger partial charge in [0.25, 0.3) is 0 Å². The molecular formula is C30H28N4O. The van der Waals surface area contributed by atoms with Gasteiger partial charge >= 0.3 is 0 Å². The lowest BCUT2D eigenvalue weighted by molar-refractivity contribution is 0.260. The first-order valence-corrected chi connectivity index (χ1v) is 12.0. The van der Waals surface area contributed by atoms with Crippen LogP contribution in [0, 0.1) is 0 Å². The van der Waals surface area contributed by atoms with Crippen molar-refractivity contribution in [3.05, 3.63) is 113 Å². The van der Waals surface area contributed by atoms with Crippen LogP contribution in [-0.2, 0) is 0 Å². The first kappa shape index (κ1) is 21.2. The van der Waals surface area contributed by atoms with Crippen LogP contribution in [0.5, 0.6) is 5.75 Å². The molecule has 5 heteroatoms. The number of nitrogens with two attached hydrogens (primary N) is 1. The van der Waals surface area contributed by atoms with Gasteiger partial charge in [0.15, 0.2) is 6.23 Å². The molecule has 3 aliphatic rings. The maximum absolute atomic E-state index is 6.46. The minimum atomic E-state index is -0.160. The van der Waals surface area contributed by atoms with Crippen LogP contribution in [0.4, 0.5) is 17.1 Å². The zero-order valence-corrected chi connectivity index (χ0v) is 19.5. The number of anilines is 3. The molecule has 0 aromatic heterocycles. The molecule has 3 aliphatic heterocycles. The summed E-state index contributed by atoms with van der Waals surface area (Å²) in [5.41, 5.74) is 14.8. The van der Waals surface area contributed by atoms with Crippen LogP contribution in [0.25, 0.3) is 17.7 Å². The summed E-state index contributed by atoms with van der Waals surface area (Å²) in [6.07, 6.45) is 14.7. The van der Waals surface area contributed by atoms with E-state index >= 15 is 0 Å². The summed E-state index contributed by atoms with van der Waals surface area (Å²) in [5, 5.41) is 10.7. The molecule has 0 radical (unpaired) electrons. The third-order valence-corrected chi connectivity index (χ3v) is 6.70. The van der Waals surface area contributed by atoms with Crippen LogP contribution >= 0.6 is 0 Å². The van der Waals surface area contributed by atoms with Crippen LogP contribution in [-0.4, -0.2) is 12.1 Å². The van der Waals surface area contributed by atoms with Gasteiger partial charge in [0.2, 0.25) is 0 Å². The Balaban J connectivity index is 1.16. The zero-order chi connectivity index (χ0) is 23.8. The predicted molar refractivity (Wildman–Crippen MR) is 146 cm³/mol. The average Bonchev–Trinajstić information content (AvgIpc) is 3.35. The molecule has 0 amide bonds. The maximum atomic E-state index is 6.46. The first-order chi connectivity index (χ1) is 17.2. The number of allylic oxidation sites excluding steroid dienone is 3. The van der Waals surface area contributed by atoms with Gasteiger partial charge in [0.05, 0.1) is 29.1 Å². The fraction of sp³-hybridized carbons (Fsp3) is 0.133. The van der Waals surface area contributed by atoms with Crippen molar-refractivity contribution >= 4 is 34.8 Å². The van der Waals surface area contributed by atoms with E-state index in [1.165, 1.54) is 0 Å². The molecule has 0 fully saturated rings. The number of dihydropyridines is 1. The number of benzene rings is 3. The largest absolute Gasteiger partial charge is 0.464 e. The summed E-state index contributed by atoms with van der Waals surface area (Å²) in [7, 11) is 0. The fourth-order valence-corrected chi connectivity index (χ4v) is 4.81. The number of ether oxygens (including phenoxy) is 1. The number of hydrogen-bond donors (Lipinski definition) is 4. The molecule has 5 nitrogen and oxygen atoms in total. The second-order valence-electron chi connectivity index (χ2n) is 8.98. The number of rotatable bonds is 4. The Bertz CT molecular complexity index is 1390. The van der Waals surface area contributed by atoms with E-state index in [2.05, 4.69) is 82.9 Å². The lowest BCUT2D eigenvalue weighted by Gasteiger charge is -2.31. The summed E-state index contributed by atoms with van der Waals surface area (Å²) in [4.78, 5) is 0. The van der Waals surface area contributed by atoms with E-state index in [-0.39, 0.29) is 18.3 Å². The van der Waals surface area contributed by atoms with Gasteiger partial charge in [-0.25, -0.2) is 0 Å². The van der Waals surface area contributed by atoms with E-state index in [4.69, 9.17) is 10.5 Å². The van der Waals surface area contributed by atoms with E-state index in [1.54, 1.807) is 0 Å². The molecule has 174 valence electrons. The molecule has 0 aliphatic carbocycles. The van der Waals surface area contributed by atoms with E-state index < -0.39 is 0 Å². The predicted octanol–water partition coefficient (Wildman–Crippen LogP) is 6.18. The van der Waals surface area contributed by atoms with Crippen molar-refractivity contribution in [3.63, 3.8) is 0 Å². The molecule has 0 bridgehead atoms. The average molecular weight is 461 g/mol. The molecule has 2 unspecified atom stereocenters. The minimum Gasteiger partial charge on any atom is -0.464 e. The summed E-state index contributed by atoms with van der Waals surface area (Å²) in [5.74, 6) is 0.874. The Morgan fingerprint density at radius 3 is 2.57 bits per heavy atom. The van der Waals surface area contributed by atoms with Crippen LogP contribution in [0.15, 0.2) is 91.2 Å². The highest BCUT2D eigenvalue weighted by atomic mass is 16.5. The van der Waals surface area contributed by atoms with Crippen molar-refractivity contribution < 1.29 is 4.74 Å². The molecule has 6 rings (SSSR count). The lowest BCUT2D eigenvalue weighted by atomic mass is 9.95. The van der Waals surface area contributed by atoms with Gasteiger partial charge in [-0.1, -0.05) is 85.0 Å². The van der Waals surface area contributed by atoms with Crippen molar-refractivity contribution in [2.75, 3.05) is 16.4 Å². The van der Waals surface area contributed by atoms with Crippen LogP contribution < -0.4 is 26.4 Å². The van der Waals surface area contributed by atoms with E-state index in [0.717, 1.165) is 50.6 Å². The summed E-state index contributed by atoms with van der Waals surface area (Å²) in [6, 6.07) is 20.9. The van der Waals surface area contributed by atoms with E-state index in [9.17, 15) is 0 Å². The van der Waals surface area contributed by atoms with Gasteiger partial charge in [-0.2, -0.15) is 0 Å². The second-order valence-corrected chi connectivity index (χ2v) is 8.98. The molecule has 5 N–H and O–H groups in total. The van der Waals surface area contributed by atoms with Gasteiger partial charge in [-0.05, 0) is 41.3 Å². The first-order valence-electron chi connectivity index (χ1n) is 12.0. The smallest absolute Gasteiger partial charge is 0.196 e. The Labute approximate surface area is 205 Å². The van der Waals surface area contributed by atoms with Crippen molar-refractivity contribution in [2.45, 2.75) is 25.2 Å². The third-order valence-electron chi connectivity index (χ3n) is 6.70. The van der Waals surface area contributed by atoms with Gasteiger partial charge in [-0.3, -0.25) is 0 Å². The van der Waals surface area contributed by atoms with E-state index in [0.29, 0.717) is 0 Å². The minimum absolute atomic E-state index is 0.0985. The number of fused-ring (bicyclic) bond motifs is 2. The van der Waals surface area contributed by atoms with Gasteiger partial charge in [-0.15, -0.1) is 0 Å². The molecule has 3 atom stereocenters. The Hall–Kier alpha value is -4.38. The number of nitrogen functional groups attached to an aromatic ring is 1. The second kappa shape index (κ2) is 8.76. The highest BCUT2D eigenvalue weighted by molar-refractivity contribution is 5.87. The van der Waals surface area contributed by atoms with Crippen molar-refractivity contribution in [3.8, 4) is 5.75 Å². The van der Waals surface area contributed by atoms with Gasteiger partial charge in [0.1, 0.15) is 5.75 Å². The standard InChI is InChI=1S/C30H28N4O/c1-2-6-19-9-10-20-11-15-25(33-29(20)28(19)31)24-14-12-23(18-32-24)22-13-16-27-26(17-22)34-30(35-27)21-7-4-3-5-8-21/h2-18,24-25,30,32-34H,31H2,1H3/b6-2-/t24?,25-,30?/m1/s1. The summed E-state index contributed by atoms with van der Waals surface area (Å²) >= 11 is 0. The van der Waals surface area contributed by atoms with Crippen LogP contribution in [0.2, 0.25) is 0 Å². The fourth-order valence-electron chi connectivity index (χ4n) is 4.81. The van der Waals surface area contributed by atoms with Crippen LogP contribution in [0.1, 0.15) is 35.4 Å². The monoisotopic (exact) mass is 460 g/mol. The highest BCUT2D eigenvalue weighted by Gasteiger charge is 2.25. The molecular weight excluding hydrogens is 432 g/mol. The summed E-state index contributed by atoms with van der Waals surface area (Å²) < 4.78 is 6.10. The van der Waals surface area contributed by atoms with Gasteiger partial charge < -0.3 is 26.4 Å². The quantitative estimate of drug-likeness (QED) is 0.350. The van der Waals surface area contributed by atoms with Crippen molar-refractivity contribution in [2.24, 2.45) is 0 Å². The molecule has 3 aromatic rings. The third kappa shape index (κ3) is 3.95. The van der Waals surface area contributed by atoms with E-state index in [1.807, 2.05) is 43.3 Å².